The molecule has 8 aromatic rings. The van der Waals surface area contributed by atoms with E-state index in [9.17, 15) is 0 Å². The van der Waals surface area contributed by atoms with Crippen LogP contribution in [-0.2, 0) is 0 Å². The maximum atomic E-state index is 5.07. The van der Waals surface area contributed by atoms with Gasteiger partial charge in [-0.15, -0.1) is 5.10 Å². The van der Waals surface area contributed by atoms with Crippen LogP contribution in [0.15, 0.2) is 164 Å². The Morgan fingerprint density at radius 2 is 0.791 bits per heavy atom. The van der Waals surface area contributed by atoms with Crippen LogP contribution in [0, 0.1) is 0 Å². The van der Waals surface area contributed by atoms with E-state index in [-0.39, 0.29) is 0 Å². The monoisotopic (exact) mass is 549 g/mol. The van der Waals surface area contributed by atoms with E-state index < -0.39 is 0 Å². The third-order valence-corrected chi connectivity index (χ3v) is 8.06. The lowest BCUT2D eigenvalue weighted by Gasteiger charge is -2.08. The van der Waals surface area contributed by atoms with Gasteiger partial charge in [0, 0.05) is 11.1 Å². The van der Waals surface area contributed by atoms with Crippen LogP contribution in [0.2, 0.25) is 0 Å². The van der Waals surface area contributed by atoms with Crippen molar-refractivity contribution in [2.24, 2.45) is 0 Å². The molecule has 0 saturated heterocycles. The number of hydrogen-bond donors (Lipinski definition) is 0. The number of aromatic nitrogens is 3. The molecule has 1 heterocycles. The van der Waals surface area contributed by atoms with Crippen molar-refractivity contribution in [1.82, 2.24) is 14.8 Å². The minimum absolute atomic E-state index is 0.697. The lowest BCUT2D eigenvalue weighted by molar-refractivity contribution is 0.890. The molecule has 0 fully saturated rings. The average Bonchev–Trinajstić information content (AvgIpc) is 3.54. The molecule has 202 valence electrons. The molecule has 0 atom stereocenters. The summed E-state index contributed by atoms with van der Waals surface area (Å²) in [5.74, 6) is 1.51. The van der Waals surface area contributed by atoms with Gasteiger partial charge in [0.15, 0.2) is 11.6 Å². The second kappa shape index (κ2) is 10.6. The Morgan fingerprint density at radius 3 is 1.35 bits per heavy atom. The van der Waals surface area contributed by atoms with Crippen molar-refractivity contribution >= 4 is 21.5 Å². The molecule has 1 aromatic heterocycles. The number of para-hydroxylation sites is 1. The van der Waals surface area contributed by atoms with Crippen LogP contribution in [0.5, 0.6) is 0 Å². The molecule has 0 aliphatic carbocycles. The number of benzene rings is 7. The van der Waals surface area contributed by atoms with Crippen molar-refractivity contribution in [2.45, 2.75) is 0 Å². The van der Waals surface area contributed by atoms with E-state index in [1.54, 1.807) is 0 Å². The van der Waals surface area contributed by atoms with E-state index in [2.05, 4.69) is 146 Å². The SMILES string of the molecule is c1ccc(-n2nc(-c3ccc(-c4ccc5ccccc5c4)cc3)nc2-c2ccc(-c3ccc4ccccc4c3)cc2)cc1. The van der Waals surface area contributed by atoms with Gasteiger partial charge in [0.2, 0.25) is 0 Å². The fourth-order valence-corrected chi connectivity index (χ4v) is 5.73. The number of rotatable bonds is 5. The Kier molecular flexibility index (Phi) is 6.12. The van der Waals surface area contributed by atoms with Crippen molar-refractivity contribution in [3.8, 4) is 50.7 Å². The van der Waals surface area contributed by atoms with Gasteiger partial charge in [0.05, 0.1) is 5.69 Å². The fourth-order valence-electron chi connectivity index (χ4n) is 5.73. The van der Waals surface area contributed by atoms with Gasteiger partial charge in [0.25, 0.3) is 0 Å². The van der Waals surface area contributed by atoms with Gasteiger partial charge in [-0.25, -0.2) is 9.67 Å². The predicted molar refractivity (Wildman–Crippen MR) is 178 cm³/mol. The van der Waals surface area contributed by atoms with E-state index in [1.807, 2.05) is 22.9 Å². The van der Waals surface area contributed by atoms with Crippen LogP contribution in [0.1, 0.15) is 0 Å². The van der Waals surface area contributed by atoms with E-state index in [0.29, 0.717) is 5.82 Å². The van der Waals surface area contributed by atoms with Crippen molar-refractivity contribution in [3.63, 3.8) is 0 Å². The van der Waals surface area contributed by atoms with Crippen LogP contribution in [-0.4, -0.2) is 14.8 Å². The predicted octanol–water partition coefficient (Wildman–Crippen LogP) is 10.2. The van der Waals surface area contributed by atoms with Crippen LogP contribution < -0.4 is 0 Å². The minimum atomic E-state index is 0.697. The first-order valence-corrected chi connectivity index (χ1v) is 14.5. The van der Waals surface area contributed by atoms with Crippen molar-refractivity contribution in [2.75, 3.05) is 0 Å². The molecule has 0 aliphatic heterocycles. The molecule has 3 heteroatoms. The first-order valence-electron chi connectivity index (χ1n) is 14.5. The van der Waals surface area contributed by atoms with Crippen LogP contribution in [0.4, 0.5) is 0 Å². The summed E-state index contributed by atoms with van der Waals surface area (Å²) in [6, 6.07) is 57.5. The zero-order valence-corrected chi connectivity index (χ0v) is 23.4. The zero-order valence-electron chi connectivity index (χ0n) is 23.4. The van der Waals surface area contributed by atoms with E-state index in [1.165, 1.54) is 43.8 Å². The summed E-state index contributed by atoms with van der Waals surface area (Å²) in [5.41, 5.74) is 7.70. The second-order valence-corrected chi connectivity index (χ2v) is 10.8. The molecule has 7 aromatic carbocycles. The van der Waals surface area contributed by atoms with Gasteiger partial charge in [-0.2, -0.15) is 0 Å². The number of nitrogens with zero attached hydrogens (tertiary/aromatic N) is 3. The Morgan fingerprint density at radius 1 is 0.349 bits per heavy atom. The Bertz CT molecular complexity index is 2210. The lowest BCUT2D eigenvalue weighted by atomic mass is 10.00. The van der Waals surface area contributed by atoms with Crippen LogP contribution >= 0.6 is 0 Å². The molecule has 8 rings (SSSR count). The van der Waals surface area contributed by atoms with Gasteiger partial charge >= 0.3 is 0 Å². The van der Waals surface area contributed by atoms with Gasteiger partial charge in [0.1, 0.15) is 0 Å². The molecule has 0 aliphatic rings. The normalized spacial score (nSPS) is 11.3. The Labute approximate surface area is 250 Å². The standard InChI is InChI=1S/C40H27N3/c1-2-12-38(13-3-1)43-40(33-22-16-31(17-23-33)37-25-19-29-9-5-7-11-35(29)27-37)41-39(42-43)32-20-14-30(15-21-32)36-24-18-28-8-4-6-10-34(28)26-36/h1-27H. The first kappa shape index (κ1) is 25.0. The third-order valence-electron chi connectivity index (χ3n) is 8.06. The fraction of sp³-hybridized carbons (Fsp3) is 0. The molecular weight excluding hydrogens is 522 g/mol. The van der Waals surface area contributed by atoms with E-state index in [4.69, 9.17) is 10.1 Å². The highest BCUT2D eigenvalue weighted by Gasteiger charge is 2.16. The van der Waals surface area contributed by atoms with Gasteiger partial charge in [-0.1, -0.05) is 140 Å². The maximum Gasteiger partial charge on any atom is 0.182 e. The largest absolute Gasteiger partial charge is 0.213 e. The maximum absolute atomic E-state index is 5.07. The van der Waals surface area contributed by atoms with Crippen molar-refractivity contribution < 1.29 is 0 Å². The summed E-state index contributed by atoms with van der Waals surface area (Å²) < 4.78 is 1.94. The van der Waals surface area contributed by atoms with E-state index in [0.717, 1.165) is 22.6 Å². The number of fused-ring (bicyclic) bond motifs is 2. The molecular formula is C40H27N3. The van der Waals surface area contributed by atoms with Crippen molar-refractivity contribution in [3.05, 3.63) is 164 Å². The molecule has 0 spiro atoms. The van der Waals surface area contributed by atoms with Crippen LogP contribution in [0.3, 0.4) is 0 Å². The molecule has 43 heavy (non-hydrogen) atoms. The molecule has 0 bridgehead atoms. The summed E-state index contributed by atoms with van der Waals surface area (Å²) in [4.78, 5) is 5.07. The van der Waals surface area contributed by atoms with Gasteiger partial charge in [-0.05, 0) is 68.1 Å². The highest BCUT2D eigenvalue weighted by molar-refractivity contribution is 5.88. The van der Waals surface area contributed by atoms with Gasteiger partial charge < -0.3 is 0 Å². The molecule has 0 amide bonds. The minimum Gasteiger partial charge on any atom is -0.213 e. The molecule has 0 radical (unpaired) electrons. The van der Waals surface area contributed by atoms with Crippen LogP contribution in [0.25, 0.3) is 72.3 Å². The highest BCUT2D eigenvalue weighted by Crippen LogP contribution is 2.31. The lowest BCUT2D eigenvalue weighted by Crippen LogP contribution is -1.99. The molecule has 0 saturated carbocycles. The van der Waals surface area contributed by atoms with Gasteiger partial charge in [-0.3, -0.25) is 0 Å². The van der Waals surface area contributed by atoms with Crippen molar-refractivity contribution in [1.29, 1.82) is 0 Å². The summed E-state index contributed by atoms with van der Waals surface area (Å²) >= 11 is 0. The second-order valence-electron chi connectivity index (χ2n) is 10.8. The summed E-state index contributed by atoms with van der Waals surface area (Å²) in [6.45, 7) is 0. The quantitative estimate of drug-likeness (QED) is 0.214. The molecule has 3 nitrogen and oxygen atoms in total. The summed E-state index contributed by atoms with van der Waals surface area (Å²) in [6.07, 6.45) is 0. The molecule has 0 unspecified atom stereocenters. The third kappa shape index (κ3) is 4.77. The van der Waals surface area contributed by atoms with E-state index >= 15 is 0 Å². The first-order chi connectivity index (χ1) is 21.3. The smallest absolute Gasteiger partial charge is 0.182 e. The number of hydrogen-bond acceptors (Lipinski definition) is 2. The Balaban J connectivity index is 1.15. The zero-order chi connectivity index (χ0) is 28.6. The molecule has 0 N–H and O–H groups in total. The summed E-state index contributed by atoms with van der Waals surface area (Å²) in [7, 11) is 0. The Hall–Kier alpha value is -5.80. The highest BCUT2D eigenvalue weighted by atomic mass is 15.4. The average molecular weight is 550 g/mol. The summed E-state index contributed by atoms with van der Waals surface area (Å²) in [5, 5.41) is 9.96. The topological polar surface area (TPSA) is 30.7 Å².